The molecule has 1 fully saturated rings. The van der Waals surface area contributed by atoms with E-state index >= 15 is 0 Å². The molecule has 0 aromatic carbocycles. The summed E-state index contributed by atoms with van der Waals surface area (Å²) in [5, 5.41) is 6.04. The number of aromatic nitrogens is 2. The molecule has 0 bridgehead atoms. The van der Waals surface area contributed by atoms with Crippen LogP contribution in [0.3, 0.4) is 0 Å². The molecule has 2 N–H and O–H groups in total. The lowest BCUT2D eigenvalue weighted by Gasteiger charge is -2.01. The van der Waals surface area contributed by atoms with Crippen LogP contribution < -0.4 is 5.73 Å². The summed E-state index contributed by atoms with van der Waals surface area (Å²) in [6.45, 7) is 0. The van der Waals surface area contributed by atoms with Crippen molar-refractivity contribution in [1.29, 1.82) is 0 Å². The van der Waals surface area contributed by atoms with Gasteiger partial charge in [-0.3, -0.25) is 0 Å². The molecule has 1 aliphatic rings. The highest BCUT2D eigenvalue weighted by atomic mass is 79.9. The summed E-state index contributed by atoms with van der Waals surface area (Å²) in [4.78, 5) is 5.49. The van der Waals surface area contributed by atoms with Crippen LogP contribution in [0.25, 0.3) is 10.7 Å². The summed E-state index contributed by atoms with van der Waals surface area (Å²) < 4.78 is 6.38. The number of nitrogens with zero attached hydrogens (tertiary/aromatic N) is 2. The molecule has 2 atom stereocenters. The second-order valence-electron chi connectivity index (χ2n) is 4.36. The zero-order valence-electron chi connectivity index (χ0n) is 9.51. The first kappa shape index (κ1) is 14.0. The molecular weight excluding hydrogens is 338 g/mol. The van der Waals surface area contributed by atoms with Crippen LogP contribution in [-0.4, -0.2) is 16.2 Å². The van der Waals surface area contributed by atoms with Gasteiger partial charge in [-0.15, -0.1) is 23.7 Å². The Morgan fingerprint density at radius 3 is 2.89 bits per heavy atom. The number of hydrogen-bond donors (Lipinski definition) is 1. The third kappa shape index (κ3) is 2.77. The van der Waals surface area contributed by atoms with Crippen LogP contribution in [-0.2, 0) is 0 Å². The highest BCUT2D eigenvalue weighted by molar-refractivity contribution is 9.10. The van der Waals surface area contributed by atoms with Gasteiger partial charge in [-0.2, -0.15) is 4.98 Å². The first-order valence-corrected chi connectivity index (χ1v) is 7.23. The minimum absolute atomic E-state index is 0. The Hall–Kier alpha value is -0.430. The number of rotatable bonds is 2. The van der Waals surface area contributed by atoms with Crippen molar-refractivity contribution in [3.8, 4) is 10.7 Å². The van der Waals surface area contributed by atoms with E-state index in [2.05, 4.69) is 26.1 Å². The van der Waals surface area contributed by atoms with Gasteiger partial charge in [-0.05, 0) is 41.3 Å². The molecule has 2 heterocycles. The van der Waals surface area contributed by atoms with E-state index in [1.807, 2.05) is 11.4 Å². The highest BCUT2D eigenvalue weighted by Gasteiger charge is 2.28. The Labute approximate surface area is 123 Å². The largest absolute Gasteiger partial charge is 0.339 e. The van der Waals surface area contributed by atoms with Gasteiger partial charge in [0.15, 0.2) is 0 Å². The van der Waals surface area contributed by atoms with Crippen molar-refractivity contribution in [1.82, 2.24) is 10.1 Å². The Morgan fingerprint density at radius 2 is 2.28 bits per heavy atom. The number of halogens is 2. The van der Waals surface area contributed by atoms with E-state index in [-0.39, 0.29) is 18.4 Å². The third-order valence-electron chi connectivity index (χ3n) is 3.05. The Morgan fingerprint density at radius 1 is 1.44 bits per heavy atom. The number of thiophene rings is 1. The predicted molar refractivity (Wildman–Crippen MR) is 77.1 cm³/mol. The lowest BCUT2D eigenvalue weighted by Crippen LogP contribution is -2.14. The second-order valence-corrected chi connectivity index (χ2v) is 6.18. The lowest BCUT2D eigenvalue weighted by molar-refractivity contribution is 0.353. The Kier molecular flexibility index (Phi) is 4.42. The molecule has 0 radical (unpaired) electrons. The van der Waals surface area contributed by atoms with Crippen molar-refractivity contribution in [2.45, 2.75) is 31.2 Å². The van der Waals surface area contributed by atoms with Crippen LogP contribution in [0.2, 0.25) is 0 Å². The molecule has 0 spiro atoms. The smallest absolute Gasteiger partial charge is 0.230 e. The fraction of sp³-hybridized carbons (Fsp3) is 0.455. The van der Waals surface area contributed by atoms with Crippen LogP contribution in [0.5, 0.6) is 0 Å². The van der Waals surface area contributed by atoms with E-state index in [0.29, 0.717) is 11.7 Å². The zero-order chi connectivity index (χ0) is 11.8. The van der Waals surface area contributed by atoms with Gasteiger partial charge in [0.25, 0.3) is 0 Å². The van der Waals surface area contributed by atoms with Gasteiger partial charge in [-0.1, -0.05) is 5.16 Å². The minimum Gasteiger partial charge on any atom is -0.339 e. The summed E-state index contributed by atoms with van der Waals surface area (Å²) in [5.41, 5.74) is 5.89. The fourth-order valence-electron chi connectivity index (χ4n) is 2.17. The Bertz CT molecular complexity index is 530. The summed E-state index contributed by atoms with van der Waals surface area (Å²) in [5.74, 6) is 1.75. The van der Waals surface area contributed by atoms with Gasteiger partial charge in [0.2, 0.25) is 11.7 Å². The maximum Gasteiger partial charge on any atom is 0.230 e. The predicted octanol–water partition coefficient (Wildman–Crippen LogP) is 3.58. The van der Waals surface area contributed by atoms with Crippen LogP contribution in [0, 0.1) is 0 Å². The number of nitrogens with two attached hydrogens (primary N) is 1. The van der Waals surface area contributed by atoms with Gasteiger partial charge >= 0.3 is 0 Å². The van der Waals surface area contributed by atoms with Crippen molar-refractivity contribution >= 4 is 39.7 Å². The first-order chi connectivity index (χ1) is 8.22. The molecule has 2 aromatic rings. The normalized spacial score (nSPS) is 23.0. The fourth-order valence-corrected chi connectivity index (χ4v) is 3.52. The molecule has 0 amide bonds. The average Bonchev–Trinajstić information content (AvgIpc) is 2.96. The summed E-state index contributed by atoms with van der Waals surface area (Å²) in [6, 6.07) is 2.28. The molecule has 0 aliphatic heterocycles. The maximum absolute atomic E-state index is 5.89. The number of hydrogen-bond acceptors (Lipinski definition) is 5. The van der Waals surface area contributed by atoms with Crippen molar-refractivity contribution in [3.63, 3.8) is 0 Å². The van der Waals surface area contributed by atoms with E-state index in [1.165, 1.54) is 0 Å². The van der Waals surface area contributed by atoms with Gasteiger partial charge in [0.1, 0.15) is 0 Å². The van der Waals surface area contributed by atoms with Gasteiger partial charge < -0.3 is 10.3 Å². The average molecular weight is 351 g/mol. The van der Waals surface area contributed by atoms with Crippen molar-refractivity contribution in [2.24, 2.45) is 5.73 Å². The van der Waals surface area contributed by atoms with Gasteiger partial charge in [0.05, 0.1) is 4.88 Å². The van der Waals surface area contributed by atoms with Crippen LogP contribution >= 0.6 is 39.7 Å². The van der Waals surface area contributed by atoms with Crippen LogP contribution in [0.1, 0.15) is 31.1 Å². The molecule has 1 saturated carbocycles. The molecule has 2 unspecified atom stereocenters. The highest BCUT2D eigenvalue weighted by Crippen LogP contribution is 2.34. The van der Waals surface area contributed by atoms with Crippen LogP contribution in [0.4, 0.5) is 0 Å². The standard InChI is InChI=1S/C11H12BrN3OS.ClH/c12-7-4-9(17-5-7)10-14-11(16-15-10)6-1-2-8(13)3-6;/h4-6,8H,1-3,13H2;1H. The van der Waals surface area contributed by atoms with Crippen molar-refractivity contribution < 1.29 is 4.52 Å². The topological polar surface area (TPSA) is 64.9 Å². The summed E-state index contributed by atoms with van der Waals surface area (Å²) in [7, 11) is 0. The van der Waals surface area contributed by atoms with E-state index in [4.69, 9.17) is 10.3 Å². The SMILES string of the molecule is Cl.NC1CCC(c2nc(-c3cc(Br)cs3)no2)C1. The van der Waals surface area contributed by atoms with E-state index < -0.39 is 0 Å². The second kappa shape index (κ2) is 5.69. The monoisotopic (exact) mass is 349 g/mol. The van der Waals surface area contributed by atoms with Crippen LogP contribution in [0.15, 0.2) is 20.4 Å². The molecule has 18 heavy (non-hydrogen) atoms. The summed E-state index contributed by atoms with van der Waals surface area (Å²) in [6.07, 6.45) is 3.06. The van der Waals surface area contributed by atoms with Crippen molar-refractivity contribution in [3.05, 3.63) is 21.8 Å². The van der Waals surface area contributed by atoms with E-state index in [1.54, 1.807) is 11.3 Å². The minimum atomic E-state index is 0. The molecule has 7 heteroatoms. The summed E-state index contributed by atoms with van der Waals surface area (Å²) >= 11 is 5.02. The molecular formula is C11H13BrClN3OS. The molecule has 4 nitrogen and oxygen atoms in total. The molecule has 2 aromatic heterocycles. The zero-order valence-corrected chi connectivity index (χ0v) is 12.7. The quantitative estimate of drug-likeness (QED) is 0.899. The van der Waals surface area contributed by atoms with E-state index in [9.17, 15) is 0 Å². The van der Waals surface area contributed by atoms with Gasteiger partial charge in [-0.25, -0.2) is 0 Å². The van der Waals surface area contributed by atoms with Gasteiger partial charge in [0, 0.05) is 21.8 Å². The first-order valence-electron chi connectivity index (χ1n) is 5.56. The Balaban J connectivity index is 0.00000120. The maximum atomic E-state index is 5.89. The molecule has 1 aliphatic carbocycles. The lowest BCUT2D eigenvalue weighted by atomic mass is 10.1. The molecule has 3 rings (SSSR count). The van der Waals surface area contributed by atoms with E-state index in [0.717, 1.165) is 34.5 Å². The molecule has 0 saturated heterocycles. The molecule has 98 valence electrons. The third-order valence-corrected chi connectivity index (χ3v) is 4.74. The van der Waals surface area contributed by atoms with Crippen molar-refractivity contribution in [2.75, 3.05) is 0 Å².